The van der Waals surface area contributed by atoms with Crippen LogP contribution in [0.25, 0.3) is 0 Å². The summed E-state index contributed by atoms with van der Waals surface area (Å²) in [5.74, 6) is -0.0935. The van der Waals surface area contributed by atoms with Crippen LogP contribution in [0, 0.1) is 11.3 Å². The fourth-order valence-corrected chi connectivity index (χ4v) is 1.26. The number of hydrogen-bond acceptors (Lipinski definition) is 2. The molecule has 0 aromatic heterocycles. The van der Waals surface area contributed by atoms with Gasteiger partial charge in [0.2, 0.25) is 5.91 Å². The SMILES string of the molecule is CNC(=O)C(CCO)C(C)(C)C. The van der Waals surface area contributed by atoms with Gasteiger partial charge in [-0.25, -0.2) is 0 Å². The molecule has 0 aromatic rings. The molecule has 0 fully saturated rings. The summed E-state index contributed by atoms with van der Waals surface area (Å²) in [7, 11) is 1.62. The minimum Gasteiger partial charge on any atom is -0.396 e. The average molecular weight is 173 g/mol. The lowest BCUT2D eigenvalue weighted by molar-refractivity contribution is -0.128. The lowest BCUT2D eigenvalue weighted by atomic mass is 9.78. The molecule has 0 aromatic carbocycles. The van der Waals surface area contributed by atoms with E-state index in [9.17, 15) is 4.79 Å². The normalized spacial score (nSPS) is 14.1. The number of aliphatic hydroxyl groups excluding tert-OH is 1. The highest BCUT2D eigenvalue weighted by molar-refractivity contribution is 5.79. The second kappa shape index (κ2) is 4.45. The summed E-state index contributed by atoms with van der Waals surface area (Å²) >= 11 is 0. The van der Waals surface area contributed by atoms with Gasteiger partial charge in [0.1, 0.15) is 0 Å². The Morgan fingerprint density at radius 1 is 1.50 bits per heavy atom. The van der Waals surface area contributed by atoms with E-state index in [0.717, 1.165) is 0 Å². The van der Waals surface area contributed by atoms with E-state index in [4.69, 9.17) is 5.11 Å². The minimum absolute atomic E-state index is 0.0107. The molecule has 0 saturated heterocycles. The third kappa shape index (κ3) is 3.22. The van der Waals surface area contributed by atoms with Crippen molar-refractivity contribution in [1.82, 2.24) is 5.32 Å². The molecule has 0 radical (unpaired) electrons. The fourth-order valence-electron chi connectivity index (χ4n) is 1.26. The highest BCUT2D eigenvalue weighted by Crippen LogP contribution is 2.28. The van der Waals surface area contributed by atoms with Crippen molar-refractivity contribution in [2.45, 2.75) is 27.2 Å². The second-order valence-corrected chi connectivity index (χ2v) is 4.05. The van der Waals surface area contributed by atoms with Crippen molar-refractivity contribution in [2.75, 3.05) is 13.7 Å². The van der Waals surface area contributed by atoms with E-state index < -0.39 is 0 Å². The number of carbonyl (C=O) groups excluding carboxylic acids is 1. The molecule has 0 aliphatic carbocycles. The van der Waals surface area contributed by atoms with Crippen molar-refractivity contribution in [3.63, 3.8) is 0 Å². The van der Waals surface area contributed by atoms with Crippen molar-refractivity contribution in [3.8, 4) is 0 Å². The van der Waals surface area contributed by atoms with Crippen molar-refractivity contribution in [3.05, 3.63) is 0 Å². The van der Waals surface area contributed by atoms with Gasteiger partial charge in [-0.1, -0.05) is 20.8 Å². The fraction of sp³-hybridized carbons (Fsp3) is 0.889. The van der Waals surface area contributed by atoms with Crippen LogP contribution in [-0.4, -0.2) is 24.7 Å². The molecule has 72 valence electrons. The molecule has 1 amide bonds. The number of hydrogen-bond donors (Lipinski definition) is 2. The molecule has 3 nitrogen and oxygen atoms in total. The van der Waals surface area contributed by atoms with Crippen molar-refractivity contribution < 1.29 is 9.90 Å². The molecular weight excluding hydrogens is 154 g/mol. The first-order valence-corrected chi connectivity index (χ1v) is 4.26. The van der Waals surface area contributed by atoms with Crippen LogP contribution < -0.4 is 5.32 Å². The number of amides is 1. The van der Waals surface area contributed by atoms with Gasteiger partial charge in [0.05, 0.1) is 0 Å². The number of rotatable bonds is 3. The summed E-state index contributed by atoms with van der Waals surface area (Å²) in [6.45, 7) is 6.07. The Morgan fingerprint density at radius 3 is 2.25 bits per heavy atom. The standard InChI is InChI=1S/C9H19NO2/c1-9(2,3)7(5-6-11)8(12)10-4/h7,11H,5-6H2,1-4H3,(H,10,12). The molecule has 1 atom stereocenters. The topological polar surface area (TPSA) is 49.3 Å². The van der Waals surface area contributed by atoms with E-state index >= 15 is 0 Å². The van der Waals surface area contributed by atoms with Crippen LogP contribution in [0.2, 0.25) is 0 Å². The smallest absolute Gasteiger partial charge is 0.223 e. The predicted molar refractivity (Wildman–Crippen MR) is 48.7 cm³/mol. The maximum atomic E-state index is 11.3. The first kappa shape index (κ1) is 11.4. The Labute approximate surface area is 74.2 Å². The summed E-state index contributed by atoms with van der Waals surface area (Å²) in [5, 5.41) is 11.4. The van der Waals surface area contributed by atoms with Gasteiger partial charge in [-0.15, -0.1) is 0 Å². The van der Waals surface area contributed by atoms with Crippen LogP contribution >= 0.6 is 0 Å². The highest BCUT2D eigenvalue weighted by atomic mass is 16.3. The van der Waals surface area contributed by atoms with Gasteiger partial charge >= 0.3 is 0 Å². The number of nitrogens with one attached hydrogen (secondary N) is 1. The largest absolute Gasteiger partial charge is 0.396 e. The maximum Gasteiger partial charge on any atom is 0.223 e. The summed E-state index contributed by atoms with van der Waals surface area (Å²) in [4.78, 5) is 11.3. The summed E-state index contributed by atoms with van der Waals surface area (Å²) < 4.78 is 0. The zero-order valence-corrected chi connectivity index (χ0v) is 8.35. The van der Waals surface area contributed by atoms with Gasteiger partial charge in [0, 0.05) is 19.6 Å². The van der Waals surface area contributed by atoms with Gasteiger partial charge in [-0.3, -0.25) is 4.79 Å². The molecule has 12 heavy (non-hydrogen) atoms. The molecule has 0 aliphatic heterocycles. The molecule has 3 heteroatoms. The summed E-state index contributed by atoms with van der Waals surface area (Å²) in [5.41, 5.74) is -0.0805. The minimum atomic E-state index is -0.104. The van der Waals surface area contributed by atoms with Crippen LogP contribution in [0.3, 0.4) is 0 Å². The number of aliphatic hydroxyl groups is 1. The van der Waals surface area contributed by atoms with Crippen molar-refractivity contribution in [1.29, 1.82) is 0 Å². The lowest BCUT2D eigenvalue weighted by Gasteiger charge is -2.28. The second-order valence-electron chi connectivity index (χ2n) is 4.05. The average Bonchev–Trinajstić information content (AvgIpc) is 1.96. The molecule has 0 rings (SSSR count). The summed E-state index contributed by atoms with van der Waals surface area (Å²) in [6, 6.07) is 0. The van der Waals surface area contributed by atoms with E-state index in [-0.39, 0.29) is 23.8 Å². The molecular formula is C9H19NO2. The predicted octanol–water partition coefficient (Wildman–Crippen LogP) is 0.777. The Hall–Kier alpha value is -0.570. The van der Waals surface area contributed by atoms with Crippen molar-refractivity contribution in [2.24, 2.45) is 11.3 Å². The number of carbonyl (C=O) groups is 1. The van der Waals surface area contributed by atoms with Crippen LogP contribution in [0.15, 0.2) is 0 Å². The van der Waals surface area contributed by atoms with E-state index in [0.29, 0.717) is 6.42 Å². The van der Waals surface area contributed by atoms with Crippen LogP contribution in [0.1, 0.15) is 27.2 Å². The third-order valence-corrected chi connectivity index (χ3v) is 2.03. The molecule has 1 unspecified atom stereocenters. The first-order chi connectivity index (χ1) is 5.43. The zero-order valence-electron chi connectivity index (χ0n) is 8.35. The van der Waals surface area contributed by atoms with E-state index in [1.165, 1.54) is 0 Å². The van der Waals surface area contributed by atoms with E-state index in [1.54, 1.807) is 7.05 Å². The Balaban J connectivity index is 4.33. The van der Waals surface area contributed by atoms with E-state index in [1.807, 2.05) is 20.8 Å². The van der Waals surface area contributed by atoms with Gasteiger partial charge in [0.15, 0.2) is 0 Å². The molecule has 2 N–H and O–H groups in total. The quantitative estimate of drug-likeness (QED) is 0.662. The van der Waals surface area contributed by atoms with Gasteiger partial charge in [-0.2, -0.15) is 0 Å². The lowest BCUT2D eigenvalue weighted by Crippen LogP contribution is -2.36. The molecule has 0 heterocycles. The Kier molecular flexibility index (Phi) is 4.24. The molecule has 0 saturated carbocycles. The van der Waals surface area contributed by atoms with Gasteiger partial charge in [0.25, 0.3) is 0 Å². The zero-order chi connectivity index (χ0) is 9.78. The maximum absolute atomic E-state index is 11.3. The van der Waals surface area contributed by atoms with Gasteiger partial charge in [-0.05, 0) is 11.8 Å². The Bertz CT molecular complexity index is 149. The van der Waals surface area contributed by atoms with Gasteiger partial charge < -0.3 is 10.4 Å². The summed E-state index contributed by atoms with van der Waals surface area (Å²) in [6.07, 6.45) is 0.531. The van der Waals surface area contributed by atoms with Crippen LogP contribution in [0.4, 0.5) is 0 Å². The molecule has 0 aliphatic rings. The highest BCUT2D eigenvalue weighted by Gasteiger charge is 2.29. The third-order valence-electron chi connectivity index (χ3n) is 2.03. The van der Waals surface area contributed by atoms with Crippen LogP contribution in [0.5, 0.6) is 0 Å². The monoisotopic (exact) mass is 173 g/mol. The Morgan fingerprint density at radius 2 is 2.00 bits per heavy atom. The van der Waals surface area contributed by atoms with Crippen molar-refractivity contribution >= 4 is 5.91 Å². The first-order valence-electron chi connectivity index (χ1n) is 4.26. The molecule has 0 spiro atoms. The molecule has 0 bridgehead atoms. The van der Waals surface area contributed by atoms with E-state index in [2.05, 4.69) is 5.32 Å². The van der Waals surface area contributed by atoms with Crippen LogP contribution in [-0.2, 0) is 4.79 Å².